The fraction of sp³-hybridized carbons (Fsp3) is 0.500. The van der Waals surface area contributed by atoms with Gasteiger partial charge in [-0.3, -0.25) is 9.69 Å². The molecule has 3 rings (SSSR count). The molecule has 2 aliphatic rings. The second kappa shape index (κ2) is 4.74. The van der Waals surface area contributed by atoms with E-state index in [9.17, 15) is 9.90 Å². The SMILES string of the molecule is CC(=O)NC1CCN(C2COc3cc(O)ccc32)C1. The molecule has 1 aromatic carbocycles. The number of fused-ring (bicyclic) bond motifs is 1. The number of aromatic hydroxyl groups is 1. The molecule has 0 spiro atoms. The number of amides is 1. The lowest BCUT2D eigenvalue weighted by atomic mass is 10.1. The Labute approximate surface area is 112 Å². The molecule has 5 heteroatoms. The number of hydrogen-bond acceptors (Lipinski definition) is 4. The molecule has 0 radical (unpaired) electrons. The molecule has 2 atom stereocenters. The lowest BCUT2D eigenvalue weighted by Crippen LogP contribution is -2.36. The summed E-state index contributed by atoms with van der Waals surface area (Å²) < 4.78 is 5.63. The highest BCUT2D eigenvalue weighted by Gasteiger charge is 2.34. The summed E-state index contributed by atoms with van der Waals surface area (Å²) >= 11 is 0. The van der Waals surface area contributed by atoms with Crippen LogP contribution in [0.2, 0.25) is 0 Å². The maximum Gasteiger partial charge on any atom is 0.217 e. The van der Waals surface area contributed by atoms with Crippen molar-refractivity contribution in [2.75, 3.05) is 19.7 Å². The number of ether oxygens (including phenoxy) is 1. The van der Waals surface area contributed by atoms with Gasteiger partial charge in [0.15, 0.2) is 0 Å². The largest absolute Gasteiger partial charge is 0.508 e. The number of nitrogens with zero attached hydrogens (tertiary/aromatic N) is 1. The number of carbonyl (C=O) groups excluding carboxylic acids is 1. The van der Waals surface area contributed by atoms with E-state index < -0.39 is 0 Å². The number of nitrogens with one attached hydrogen (secondary N) is 1. The topological polar surface area (TPSA) is 61.8 Å². The summed E-state index contributed by atoms with van der Waals surface area (Å²) in [5.74, 6) is 1.03. The fourth-order valence-electron chi connectivity index (χ4n) is 2.96. The Morgan fingerprint density at radius 2 is 2.37 bits per heavy atom. The van der Waals surface area contributed by atoms with E-state index in [1.54, 1.807) is 19.1 Å². The van der Waals surface area contributed by atoms with E-state index in [0.29, 0.717) is 6.61 Å². The third-order valence-corrected chi connectivity index (χ3v) is 3.82. The van der Waals surface area contributed by atoms with Gasteiger partial charge in [-0.1, -0.05) is 0 Å². The molecule has 2 unspecified atom stereocenters. The maximum absolute atomic E-state index is 11.1. The standard InChI is InChI=1S/C14H18N2O3/c1-9(17)15-10-4-5-16(7-10)13-8-19-14-6-11(18)2-3-12(13)14/h2-3,6,10,13,18H,4-5,7-8H2,1H3,(H,15,17). The lowest BCUT2D eigenvalue weighted by Gasteiger charge is -2.22. The fourth-order valence-corrected chi connectivity index (χ4v) is 2.96. The minimum Gasteiger partial charge on any atom is -0.508 e. The van der Waals surface area contributed by atoms with Crippen LogP contribution in [0.15, 0.2) is 18.2 Å². The molecule has 102 valence electrons. The van der Waals surface area contributed by atoms with E-state index in [0.717, 1.165) is 30.8 Å². The van der Waals surface area contributed by atoms with Crippen molar-refractivity contribution in [3.8, 4) is 11.5 Å². The van der Waals surface area contributed by atoms with Gasteiger partial charge in [-0.05, 0) is 18.6 Å². The summed E-state index contributed by atoms with van der Waals surface area (Å²) in [5, 5.41) is 12.4. The van der Waals surface area contributed by atoms with E-state index >= 15 is 0 Å². The molecule has 2 aliphatic heterocycles. The van der Waals surface area contributed by atoms with Gasteiger partial charge in [-0.25, -0.2) is 0 Å². The number of likely N-dealkylation sites (tertiary alicyclic amines) is 1. The van der Waals surface area contributed by atoms with Gasteiger partial charge < -0.3 is 15.2 Å². The number of rotatable bonds is 2. The molecule has 19 heavy (non-hydrogen) atoms. The Bertz CT molecular complexity index is 503. The number of benzene rings is 1. The van der Waals surface area contributed by atoms with Crippen LogP contribution in [0.5, 0.6) is 11.5 Å². The van der Waals surface area contributed by atoms with Crippen LogP contribution < -0.4 is 10.1 Å². The second-order valence-corrected chi connectivity index (χ2v) is 5.23. The van der Waals surface area contributed by atoms with Crippen LogP contribution in [-0.4, -0.2) is 41.7 Å². The number of phenols is 1. The molecule has 0 aliphatic carbocycles. The second-order valence-electron chi connectivity index (χ2n) is 5.23. The van der Waals surface area contributed by atoms with Gasteiger partial charge in [0.25, 0.3) is 0 Å². The Kier molecular flexibility index (Phi) is 3.06. The van der Waals surface area contributed by atoms with Crippen LogP contribution in [0, 0.1) is 0 Å². The average molecular weight is 262 g/mol. The Hall–Kier alpha value is -1.75. The van der Waals surface area contributed by atoms with Gasteiger partial charge in [0.2, 0.25) is 5.91 Å². The Morgan fingerprint density at radius 3 is 3.16 bits per heavy atom. The van der Waals surface area contributed by atoms with E-state index in [1.807, 2.05) is 6.07 Å². The van der Waals surface area contributed by atoms with Crippen molar-refractivity contribution >= 4 is 5.91 Å². The van der Waals surface area contributed by atoms with E-state index in [-0.39, 0.29) is 23.7 Å². The van der Waals surface area contributed by atoms with Gasteiger partial charge in [-0.2, -0.15) is 0 Å². The number of phenolic OH excluding ortho intramolecular Hbond substituents is 1. The van der Waals surface area contributed by atoms with Crippen LogP contribution in [-0.2, 0) is 4.79 Å². The third kappa shape index (κ3) is 2.38. The highest BCUT2D eigenvalue weighted by Crippen LogP contribution is 2.39. The van der Waals surface area contributed by atoms with Crippen LogP contribution in [0.1, 0.15) is 24.9 Å². The zero-order valence-corrected chi connectivity index (χ0v) is 10.9. The molecule has 1 saturated heterocycles. The molecule has 0 saturated carbocycles. The predicted octanol–water partition coefficient (Wildman–Crippen LogP) is 1.04. The van der Waals surface area contributed by atoms with Crippen molar-refractivity contribution in [2.45, 2.75) is 25.4 Å². The number of carbonyl (C=O) groups is 1. The molecule has 1 amide bonds. The first-order valence-electron chi connectivity index (χ1n) is 6.60. The van der Waals surface area contributed by atoms with Crippen LogP contribution in [0.25, 0.3) is 0 Å². The van der Waals surface area contributed by atoms with Gasteiger partial charge >= 0.3 is 0 Å². The first kappa shape index (κ1) is 12.3. The van der Waals surface area contributed by atoms with Gasteiger partial charge in [-0.15, -0.1) is 0 Å². The minimum absolute atomic E-state index is 0.0276. The number of hydrogen-bond donors (Lipinski definition) is 2. The van der Waals surface area contributed by atoms with Crippen molar-refractivity contribution in [1.29, 1.82) is 0 Å². The molecule has 1 fully saturated rings. The predicted molar refractivity (Wildman–Crippen MR) is 70.1 cm³/mol. The van der Waals surface area contributed by atoms with E-state index in [1.165, 1.54) is 0 Å². The summed E-state index contributed by atoms with van der Waals surface area (Å²) in [5.41, 5.74) is 1.13. The molecule has 0 aromatic heterocycles. The highest BCUT2D eigenvalue weighted by molar-refractivity contribution is 5.73. The van der Waals surface area contributed by atoms with Crippen molar-refractivity contribution < 1.29 is 14.6 Å². The van der Waals surface area contributed by atoms with Gasteiger partial charge in [0.1, 0.15) is 18.1 Å². The average Bonchev–Trinajstić information content (AvgIpc) is 2.93. The molecular weight excluding hydrogens is 244 g/mol. The van der Waals surface area contributed by atoms with Crippen molar-refractivity contribution in [3.05, 3.63) is 23.8 Å². The summed E-state index contributed by atoms with van der Waals surface area (Å²) in [6.07, 6.45) is 0.976. The van der Waals surface area contributed by atoms with E-state index in [2.05, 4.69) is 10.2 Å². The summed E-state index contributed by atoms with van der Waals surface area (Å²) in [6, 6.07) is 5.75. The van der Waals surface area contributed by atoms with E-state index in [4.69, 9.17) is 4.74 Å². The lowest BCUT2D eigenvalue weighted by molar-refractivity contribution is -0.119. The Balaban J connectivity index is 1.71. The Morgan fingerprint density at radius 1 is 1.53 bits per heavy atom. The van der Waals surface area contributed by atoms with Crippen molar-refractivity contribution in [2.24, 2.45) is 0 Å². The quantitative estimate of drug-likeness (QED) is 0.836. The molecule has 1 aromatic rings. The summed E-state index contributed by atoms with van der Waals surface area (Å²) in [6.45, 7) is 3.98. The summed E-state index contributed by atoms with van der Waals surface area (Å²) in [7, 11) is 0. The summed E-state index contributed by atoms with van der Waals surface area (Å²) in [4.78, 5) is 13.4. The van der Waals surface area contributed by atoms with Gasteiger partial charge in [0, 0.05) is 37.7 Å². The van der Waals surface area contributed by atoms with Crippen LogP contribution in [0.4, 0.5) is 0 Å². The third-order valence-electron chi connectivity index (χ3n) is 3.82. The maximum atomic E-state index is 11.1. The van der Waals surface area contributed by atoms with Crippen molar-refractivity contribution in [1.82, 2.24) is 10.2 Å². The first-order valence-corrected chi connectivity index (χ1v) is 6.60. The normalized spacial score (nSPS) is 25.9. The zero-order valence-electron chi connectivity index (χ0n) is 10.9. The van der Waals surface area contributed by atoms with Crippen molar-refractivity contribution in [3.63, 3.8) is 0 Å². The highest BCUT2D eigenvalue weighted by atomic mass is 16.5. The molecular formula is C14H18N2O3. The first-order chi connectivity index (χ1) is 9.13. The van der Waals surface area contributed by atoms with Gasteiger partial charge in [0.05, 0.1) is 6.04 Å². The molecule has 0 bridgehead atoms. The van der Waals surface area contributed by atoms with Crippen LogP contribution >= 0.6 is 0 Å². The monoisotopic (exact) mass is 262 g/mol. The minimum atomic E-state index is 0.0276. The zero-order chi connectivity index (χ0) is 13.4. The molecule has 2 heterocycles. The molecule has 5 nitrogen and oxygen atoms in total. The smallest absolute Gasteiger partial charge is 0.217 e. The molecule has 2 N–H and O–H groups in total. The van der Waals surface area contributed by atoms with Crippen LogP contribution in [0.3, 0.4) is 0 Å².